The zero-order chi connectivity index (χ0) is 8.85. The molecule has 0 aliphatic rings. The van der Waals surface area contributed by atoms with Crippen LogP contribution in [0.1, 0.15) is 34.1 Å². The van der Waals surface area contributed by atoms with Crippen molar-refractivity contribution in [2.75, 3.05) is 0 Å². The molecule has 0 N–H and O–H groups in total. The van der Waals surface area contributed by atoms with Crippen LogP contribution in [0.25, 0.3) is 0 Å². The molecule has 0 amide bonds. The monoisotopic (exact) mass is 148 g/mol. The molecule has 0 rings (SSSR count). The molecule has 0 nitrogen and oxygen atoms in total. The van der Waals surface area contributed by atoms with Crippen LogP contribution < -0.4 is 0 Å². The normalized spacial score (nSPS) is 8.73. The summed E-state index contributed by atoms with van der Waals surface area (Å²) in [5.74, 6) is 3.24. The minimum Gasteiger partial charge on any atom is -0.114 e. The first kappa shape index (κ1) is 10.1. The quantitative estimate of drug-likeness (QED) is 0.417. The van der Waals surface area contributed by atoms with Crippen molar-refractivity contribution in [2.45, 2.75) is 34.1 Å². The van der Waals surface area contributed by atoms with Gasteiger partial charge < -0.3 is 0 Å². The van der Waals surface area contributed by atoms with Crippen molar-refractivity contribution in [3.05, 3.63) is 16.9 Å². The van der Waals surface area contributed by atoms with E-state index in [2.05, 4.69) is 32.4 Å². The van der Waals surface area contributed by atoms with E-state index in [1.54, 1.807) is 0 Å². The topological polar surface area (TPSA) is 0 Å². The predicted molar refractivity (Wildman–Crippen MR) is 50.2 cm³/mol. The van der Waals surface area contributed by atoms with Crippen LogP contribution in [0, 0.1) is 18.3 Å². The Bertz CT molecular complexity index is 217. The molecule has 0 heteroatoms. The van der Waals surface area contributed by atoms with E-state index in [-0.39, 0.29) is 0 Å². The van der Waals surface area contributed by atoms with Crippen LogP contribution in [0.2, 0.25) is 0 Å². The van der Waals surface area contributed by atoms with Crippen LogP contribution in [0.4, 0.5) is 0 Å². The van der Waals surface area contributed by atoms with Crippen LogP contribution >= 0.6 is 0 Å². The van der Waals surface area contributed by atoms with E-state index >= 15 is 0 Å². The van der Waals surface area contributed by atoms with Crippen LogP contribution in [-0.2, 0) is 0 Å². The average Bonchev–Trinajstić information content (AvgIpc) is 1.85. The van der Waals surface area contributed by atoms with Gasteiger partial charge in [-0.1, -0.05) is 19.8 Å². The smallest absolute Gasteiger partial charge is 0.0403 e. The second-order valence-corrected chi connectivity index (χ2v) is 3.27. The molecule has 0 aliphatic carbocycles. The highest BCUT2D eigenvalue weighted by molar-refractivity contribution is 5.23. The lowest BCUT2D eigenvalue weighted by molar-refractivity contribution is 0.643. The van der Waals surface area contributed by atoms with E-state index in [0.717, 1.165) is 12.0 Å². The molecule has 0 spiro atoms. The molecule has 11 heavy (non-hydrogen) atoms. The van der Waals surface area contributed by atoms with Gasteiger partial charge in [-0.05, 0) is 31.8 Å². The maximum atomic E-state index is 5.19. The zero-order valence-corrected chi connectivity index (χ0v) is 7.86. The lowest BCUT2D eigenvalue weighted by Gasteiger charge is -2.00. The van der Waals surface area contributed by atoms with Crippen LogP contribution in [0.15, 0.2) is 16.9 Å². The van der Waals surface area contributed by atoms with Crippen molar-refractivity contribution in [3.63, 3.8) is 0 Å². The molecule has 0 radical (unpaired) electrons. The second kappa shape index (κ2) is 4.83. The largest absolute Gasteiger partial charge is 0.114 e. The Balaban J connectivity index is 4.36. The van der Waals surface area contributed by atoms with Crippen molar-refractivity contribution < 1.29 is 0 Å². The molecule has 0 aromatic rings. The van der Waals surface area contributed by atoms with Gasteiger partial charge in [0.05, 0.1) is 0 Å². The van der Waals surface area contributed by atoms with E-state index < -0.39 is 0 Å². The first-order chi connectivity index (χ1) is 5.06. The van der Waals surface area contributed by atoms with Gasteiger partial charge in [0.25, 0.3) is 0 Å². The predicted octanol–water partition coefficient (Wildman–Crippen LogP) is 3.16. The molecule has 0 bridgehead atoms. The van der Waals surface area contributed by atoms with E-state index in [9.17, 15) is 0 Å². The molecule has 0 unspecified atom stereocenters. The van der Waals surface area contributed by atoms with Crippen LogP contribution in [-0.4, -0.2) is 0 Å². The number of hydrogen-bond acceptors (Lipinski definition) is 0. The van der Waals surface area contributed by atoms with Crippen LogP contribution in [0.5, 0.6) is 0 Å². The third kappa shape index (κ3) is 5.52. The van der Waals surface area contributed by atoms with E-state index in [4.69, 9.17) is 6.42 Å². The molecule has 0 aromatic carbocycles. The van der Waals surface area contributed by atoms with Crippen molar-refractivity contribution in [1.29, 1.82) is 0 Å². The minimum absolute atomic E-state index is 0.688. The standard InChI is InChI=1S/C11H16/c1-6-10(4)8-11(5)7-9(2)3/h1,9H,7H2,2-5H3. The molecule has 0 aliphatic heterocycles. The third-order valence-corrected chi connectivity index (χ3v) is 1.33. The van der Waals surface area contributed by atoms with Crippen LogP contribution in [0.3, 0.4) is 0 Å². The van der Waals surface area contributed by atoms with Gasteiger partial charge in [-0.2, -0.15) is 0 Å². The molecular weight excluding hydrogens is 132 g/mol. The Morgan fingerprint density at radius 3 is 2.27 bits per heavy atom. The van der Waals surface area contributed by atoms with Crippen molar-refractivity contribution in [2.24, 2.45) is 5.92 Å². The van der Waals surface area contributed by atoms with Gasteiger partial charge in [0.15, 0.2) is 0 Å². The number of hydrogen-bond donors (Lipinski definition) is 0. The van der Waals surface area contributed by atoms with E-state index in [1.165, 1.54) is 5.57 Å². The molecular formula is C11H16. The first-order valence-electron chi connectivity index (χ1n) is 3.96. The van der Waals surface area contributed by atoms with Gasteiger partial charge in [-0.15, -0.1) is 12.2 Å². The molecule has 0 atom stereocenters. The fourth-order valence-electron chi connectivity index (χ4n) is 1.02. The summed E-state index contributed by atoms with van der Waals surface area (Å²) in [6, 6.07) is 0. The maximum absolute atomic E-state index is 5.19. The van der Waals surface area contributed by atoms with Gasteiger partial charge >= 0.3 is 0 Å². The molecule has 0 saturated heterocycles. The summed E-state index contributed by atoms with van der Waals surface area (Å²) in [4.78, 5) is 0. The fourth-order valence-corrected chi connectivity index (χ4v) is 1.02. The zero-order valence-electron chi connectivity index (χ0n) is 7.86. The fraction of sp³-hybridized carbons (Fsp3) is 0.545. The van der Waals surface area contributed by atoms with Gasteiger partial charge in [-0.3, -0.25) is 0 Å². The van der Waals surface area contributed by atoms with Crippen molar-refractivity contribution >= 4 is 0 Å². The summed E-state index contributed by atoms with van der Waals surface area (Å²) in [6.45, 7) is 8.36. The van der Waals surface area contributed by atoms with Gasteiger partial charge in [-0.25, -0.2) is 0 Å². The summed E-state index contributed by atoms with van der Waals surface area (Å²) >= 11 is 0. The molecule has 0 fully saturated rings. The summed E-state index contributed by atoms with van der Waals surface area (Å²) < 4.78 is 0. The Morgan fingerprint density at radius 2 is 1.91 bits per heavy atom. The number of terminal acetylenes is 1. The van der Waals surface area contributed by atoms with Gasteiger partial charge in [0.1, 0.15) is 0 Å². The summed E-state index contributed by atoms with van der Waals surface area (Å²) in [5, 5.41) is 0. The lowest BCUT2D eigenvalue weighted by atomic mass is 10.0. The average molecular weight is 148 g/mol. The third-order valence-electron chi connectivity index (χ3n) is 1.33. The van der Waals surface area contributed by atoms with Crippen molar-refractivity contribution in [3.8, 4) is 12.3 Å². The molecule has 0 heterocycles. The Hall–Kier alpha value is -0.920. The summed E-state index contributed by atoms with van der Waals surface area (Å²) in [5.41, 5.74) is 5.30. The van der Waals surface area contributed by atoms with Crippen molar-refractivity contribution in [1.82, 2.24) is 0 Å². The second-order valence-electron chi connectivity index (χ2n) is 3.27. The molecule has 0 aromatic heterocycles. The van der Waals surface area contributed by atoms with Gasteiger partial charge in [0.2, 0.25) is 0 Å². The van der Waals surface area contributed by atoms with E-state index in [0.29, 0.717) is 5.92 Å². The maximum Gasteiger partial charge on any atom is 0.0403 e. The highest BCUT2D eigenvalue weighted by atomic mass is 14.0. The summed E-state index contributed by atoms with van der Waals surface area (Å²) in [6.07, 6.45) is 6.27. The first-order valence-corrected chi connectivity index (χ1v) is 3.96. The number of allylic oxidation sites excluding steroid dienone is 1. The lowest BCUT2D eigenvalue weighted by Crippen LogP contribution is -1.86. The minimum atomic E-state index is 0.688. The van der Waals surface area contributed by atoms with Gasteiger partial charge in [0, 0.05) is 5.57 Å². The Labute approximate surface area is 70.0 Å². The number of rotatable bonds is 2. The Morgan fingerprint density at radius 1 is 1.36 bits per heavy atom. The SMILES string of the molecule is C#CC(C)=C=C(C)CC(C)C. The highest BCUT2D eigenvalue weighted by Crippen LogP contribution is 2.08. The molecule has 0 saturated carbocycles. The highest BCUT2D eigenvalue weighted by Gasteiger charge is 1.93. The summed E-state index contributed by atoms with van der Waals surface area (Å²) in [7, 11) is 0. The Kier molecular flexibility index (Phi) is 4.42. The molecule has 60 valence electrons. The van der Waals surface area contributed by atoms with E-state index in [1.807, 2.05) is 6.92 Å².